The first kappa shape index (κ1) is 20.9. The molecule has 3 amide bonds. The second kappa shape index (κ2) is 8.43. The number of amides is 3. The van der Waals surface area contributed by atoms with E-state index in [9.17, 15) is 14.4 Å². The van der Waals surface area contributed by atoms with Gasteiger partial charge in [0, 0.05) is 10.9 Å². The lowest BCUT2D eigenvalue weighted by Crippen LogP contribution is -2.52. The van der Waals surface area contributed by atoms with Gasteiger partial charge in [0.2, 0.25) is 5.91 Å². The quantitative estimate of drug-likeness (QED) is 0.595. The lowest BCUT2D eigenvalue weighted by molar-refractivity contribution is -0.126. The Balaban J connectivity index is 1.49. The summed E-state index contributed by atoms with van der Waals surface area (Å²) in [4.78, 5) is 44.4. The van der Waals surface area contributed by atoms with E-state index in [4.69, 9.17) is 0 Å². The Morgan fingerprint density at radius 3 is 2.16 bits per heavy atom. The lowest BCUT2D eigenvalue weighted by atomic mass is 10.0. The third-order valence-corrected chi connectivity index (χ3v) is 6.30. The number of carbonyl (C=O) groups is 3. The van der Waals surface area contributed by atoms with Crippen molar-refractivity contribution in [1.82, 2.24) is 15.2 Å². The van der Waals surface area contributed by atoms with Crippen LogP contribution < -0.4 is 5.32 Å². The van der Waals surface area contributed by atoms with Gasteiger partial charge in [-0.3, -0.25) is 19.3 Å². The molecule has 0 saturated carbocycles. The van der Waals surface area contributed by atoms with Crippen LogP contribution in [0.5, 0.6) is 0 Å². The Hall–Kier alpha value is -3.32. The lowest BCUT2D eigenvalue weighted by Gasteiger charge is -2.28. The molecule has 0 bridgehead atoms. The molecule has 0 radical (unpaired) electrons. The normalized spacial score (nSPS) is 14.1. The van der Waals surface area contributed by atoms with Crippen LogP contribution in [0.1, 0.15) is 45.8 Å². The highest BCUT2D eigenvalue weighted by atomic mass is 32.1. The summed E-state index contributed by atoms with van der Waals surface area (Å²) in [6, 6.07) is 13.8. The van der Waals surface area contributed by atoms with Crippen molar-refractivity contribution in [2.45, 2.75) is 33.4 Å². The molecule has 1 atom stereocenters. The molecule has 0 spiro atoms. The van der Waals surface area contributed by atoms with Gasteiger partial charge in [0.15, 0.2) is 0 Å². The molecular weight excluding hydrogens is 410 g/mol. The standard InChI is InChI=1S/C24H23N3O3S/c1-14(2)20(27-23(29)18-10-6-7-11-19(18)24(27)30)21(28)25-12-16-13-31-22(26-16)17-9-5-4-8-15(17)3/h4-11,13-14,20H,12H2,1-3H3,(H,25,28). The number of thiazole rings is 1. The van der Waals surface area contributed by atoms with Crippen LogP contribution in [-0.4, -0.2) is 33.6 Å². The molecular formula is C24H23N3O3S. The molecule has 7 heteroatoms. The number of rotatable bonds is 6. The first-order chi connectivity index (χ1) is 14.9. The summed E-state index contributed by atoms with van der Waals surface area (Å²) in [5.74, 6) is -1.45. The van der Waals surface area contributed by atoms with Crippen LogP contribution in [0.25, 0.3) is 10.6 Å². The second-order valence-electron chi connectivity index (χ2n) is 7.89. The van der Waals surface area contributed by atoms with Crippen molar-refractivity contribution in [1.29, 1.82) is 0 Å². The molecule has 0 aliphatic carbocycles. The number of carbonyl (C=O) groups excluding carboxylic acids is 3. The van der Waals surface area contributed by atoms with Gasteiger partial charge in [-0.15, -0.1) is 11.3 Å². The molecule has 1 aromatic heterocycles. The minimum Gasteiger partial charge on any atom is -0.349 e. The predicted molar refractivity (Wildman–Crippen MR) is 120 cm³/mol. The van der Waals surface area contributed by atoms with Gasteiger partial charge < -0.3 is 5.32 Å². The molecule has 0 saturated heterocycles. The van der Waals surface area contributed by atoms with Crippen LogP contribution in [0.15, 0.2) is 53.9 Å². The number of aromatic nitrogens is 1. The maximum atomic E-state index is 13.0. The molecule has 6 nitrogen and oxygen atoms in total. The highest BCUT2D eigenvalue weighted by Crippen LogP contribution is 2.28. The number of imide groups is 1. The summed E-state index contributed by atoms with van der Waals surface area (Å²) in [5.41, 5.74) is 3.62. The third-order valence-electron chi connectivity index (χ3n) is 5.37. The Morgan fingerprint density at radius 2 is 1.58 bits per heavy atom. The molecule has 1 N–H and O–H groups in total. The second-order valence-corrected chi connectivity index (χ2v) is 8.75. The van der Waals surface area contributed by atoms with E-state index >= 15 is 0 Å². The van der Waals surface area contributed by atoms with Gasteiger partial charge in [-0.25, -0.2) is 4.98 Å². The Labute approximate surface area is 184 Å². The first-order valence-corrected chi connectivity index (χ1v) is 11.0. The van der Waals surface area contributed by atoms with Crippen molar-refractivity contribution in [3.63, 3.8) is 0 Å². The monoisotopic (exact) mass is 433 g/mol. The summed E-state index contributed by atoms with van der Waals surface area (Å²) in [6.45, 7) is 5.92. The number of nitrogens with one attached hydrogen (secondary N) is 1. The zero-order valence-electron chi connectivity index (χ0n) is 17.6. The van der Waals surface area contributed by atoms with E-state index in [0.717, 1.165) is 26.7 Å². The zero-order chi connectivity index (χ0) is 22.1. The SMILES string of the molecule is Cc1ccccc1-c1nc(CNC(=O)C(C(C)C)N2C(=O)c3ccccc3C2=O)cs1. The number of aryl methyl sites for hydroxylation is 1. The minimum absolute atomic E-state index is 0.230. The Kier molecular flexibility index (Phi) is 5.69. The number of fused-ring (bicyclic) bond motifs is 1. The molecule has 0 fully saturated rings. The maximum Gasteiger partial charge on any atom is 0.262 e. The number of hydrogen-bond donors (Lipinski definition) is 1. The molecule has 1 aliphatic heterocycles. The Morgan fingerprint density at radius 1 is 1.00 bits per heavy atom. The molecule has 1 unspecified atom stereocenters. The van der Waals surface area contributed by atoms with Crippen molar-refractivity contribution in [2.75, 3.05) is 0 Å². The van der Waals surface area contributed by atoms with Gasteiger partial charge in [-0.1, -0.05) is 50.2 Å². The summed E-state index contributed by atoms with van der Waals surface area (Å²) in [6.07, 6.45) is 0. The predicted octanol–water partition coefficient (Wildman–Crippen LogP) is 4.06. The summed E-state index contributed by atoms with van der Waals surface area (Å²) in [7, 11) is 0. The van der Waals surface area contributed by atoms with Gasteiger partial charge in [-0.2, -0.15) is 0 Å². The van der Waals surface area contributed by atoms with E-state index in [1.807, 2.05) is 50.4 Å². The average molecular weight is 434 g/mol. The van der Waals surface area contributed by atoms with Gasteiger partial charge in [0.1, 0.15) is 11.0 Å². The largest absolute Gasteiger partial charge is 0.349 e. The fourth-order valence-electron chi connectivity index (χ4n) is 3.79. The minimum atomic E-state index is -0.887. The maximum absolute atomic E-state index is 13.0. The van der Waals surface area contributed by atoms with E-state index in [-0.39, 0.29) is 18.4 Å². The Bertz CT molecular complexity index is 1130. The molecule has 4 rings (SSSR count). The van der Waals surface area contributed by atoms with Gasteiger partial charge >= 0.3 is 0 Å². The van der Waals surface area contributed by atoms with Crippen LogP contribution in [0.2, 0.25) is 0 Å². The van der Waals surface area contributed by atoms with Gasteiger partial charge in [0.05, 0.1) is 23.4 Å². The van der Waals surface area contributed by atoms with Gasteiger partial charge in [0.25, 0.3) is 11.8 Å². The smallest absolute Gasteiger partial charge is 0.262 e. The molecule has 3 aromatic rings. The number of benzene rings is 2. The van der Waals surface area contributed by atoms with Crippen molar-refractivity contribution >= 4 is 29.1 Å². The number of nitrogens with zero attached hydrogens (tertiary/aromatic N) is 2. The summed E-state index contributed by atoms with van der Waals surface area (Å²) < 4.78 is 0. The molecule has 1 aliphatic rings. The van der Waals surface area contributed by atoms with Crippen molar-refractivity contribution < 1.29 is 14.4 Å². The molecule has 31 heavy (non-hydrogen) atoms. The van der Waals surface area contributed by atoms with Crippen molar-refractivity contribution in [3.05, 3.63) is 76.3 Å². The number of hydrogen-bond acceptors (Lipinski definition) is 5. The van der Waals surface area contributed by atoms with Crippen LogP contribution in [-0.2, 0) is 11.3 Å². The molecule has 2 aromatic carbocycles. The van der Waals surface area contributed by atoms with Crippen molar-refractivity contribution in [2.24, 2.45) is 5.92 Å². The van der Waals surface area contributed by atoms with E-state index in [1.54, 1.807) is 24.3 Å². The van der Waals surface area contributed by atoms with Crippen LogP contribution in [0.4, 0.5) is 0 Å². The van der Waals surface area contributed by atoms with E-state index in [2.05, 4.69) is 10.3 Å². The fraction of sp³-hybridized carbons (Fsp3) is 0.250. The van der Waals surface area contributed by atoms with Crippen molar-refractivity contribution in [3.8, 4) is 10.6 Å². The highest BCUT2D eigenvalue weighted by Gasteiger charge is 2.43. The molecule has 158 valence electrons. The van der Waals surface area contributed by atoms with E-state index in [1.165, 1.54) is 11.3 Å². The summed E-state index contributed by atoms with van der Waals surface area (Å²) in [5, 5.41) is 5.67. The van der Waals surface area contributed by atoms with E-state index < -0.39 is 17.9 Å². The third kappa shape index (κ3) is 3.88. The fourth-order valence-corrected chi connectivity index (χ4v) is 4.70. The highest BCUT2D eigenvalue weighted by molar-refractivity contribution is 7.13. The first-order valence-electron chi connectivity index (χ1n) is 10.1. The average Bonchev–Trinajstić information content (AvgIpc) is 3.32. The molecule has 2 heterocycles. The summed E-state index contributed by atoms with van der Waals surface area (Å²) >= 11 is 1.52. The zero-order valence-corrected chi connectivity index (χ0v) is 18.4. The van der Waals surface area contributed by atoms with E-state index in [0.29, 0.717) is 11.1 Å². The topological polar surface area (TPSA) is 79.4 Å². The van der Waals surface area contributed by atoms with Crippen LogP contribution in [0, 0.1) is 12.8 Å². The van der Waals surface area contributed by atoms with Gasteiger partial charge in [-0.05, 0) is 30.5 Å². The van der Waals surface area contributed by atoms with Crippen LogP contribution in [0.3, 0.4) is 0 Å². The van der Waals surface area contributed by atoms with Crippen LogP contribution >= 0.6 is 11.3 Å².